The molecule has 2 aliphatic rings. The Labute approximate surface area is 105 Å². The molecule has 0 atom stereocenters. The molecule has 0 spiro atoms. The van der Waals surface area contributed by atoms with E-state index in [4.69, 9.17) is 0 Å². The van der Waals surface area contributed by atoms with Crippen molar-refractivity contribution in [3.05, 3.63) is 59.7 Å². The summed E-state index contributed by atoms with van der Waals surface area (Å²) in [6.45, 7) is 0. The van der Waals surface area contributed by atoms with Crippen molar-refractivity contribution in [1.29, 1.82) is 0 Å². The van der Waals surface area contributed by atoms with Gasteiger partial charge in [-0.2, -0.15) is 0 Å². The maximum atomic E-state index is 3.20. The van der Waals surface area contributed by atoms with E-state index in [1.165, 1.54) is 44.2 Å². The van der Waals surface area contributed by atoms with Crippen molar-refractivity contribution in [1.82, 2.24) is 0 Å². The fraction of sp³-hybridized carbons (Fsp3) is 0. The van der Waals surface area contributed by atoms with E-state index in [9.17, 15) is 0 Å². The van der Waals surface area contributed by atoms with Crippen LogP contribution in [0.15, 0.2) is 42.5 Å². The molecule has 0 saturated heterocycles. The van der Waals surface area contributed by atoms with Gasteiger partial charge in [0.25, 0.3) is 0 Å². The van der Waals surface area contributed by atoms with Gasteiger partial charge in [0.2, 0.25) is 0 Å². The Morgan fingerprint density at radius 3 is 2.11 bits per heavy atom. The minimum atomic E-state index is 1.32. The summed E-state index contributed by atoms with van der Waals surface area (Å²) >= 11 is 0. The average molecular weight is 225 g/mol. The quantitative estimate of drug-likeness (QED) is 0.356. The van der Waals surface area contributed by atoms with Crippen molar-refractivity contribution in [3.63, 3.8) is 0 Å². The average Bonchev–Trinajstić information content (AvgIpc) is 2.97. The van der Waals surface area contributed by atoms with Gasteiger partial charge in [-0.05, 0) is 56.3 Å². The molecule has 3 aromatic carbocycles. The molecule has 0 unspecified atom stereocenters. The molecule has 0 aliphatic heterocycles. The van der Waals surface area contributed by atoms with Crippen molar-refractivity contribution in [3.8, 4) is 22.3 Å². The third-order valence-corrected chi connectivity index (χ3v) is 4.11. The zero-order chi connectivity index (χ0) is 11.7. The van der Waals surface area contributed by atoms with Crippen molar-refractivity contribution in [2.24, 2.45) is 0 Å². The molecule has 0 bridgehead atoms. The molecule has 0 saturated carbocycles. The molecule has 1 radical (unpaired) electrons. The van der Waals surface area contributed by atoms with Crippen LogP contribution in [0.1, 0.15) is 11.1 Å². The van der Waals surface area contributed by atoms with Crippen LogP contribution in [-0.4, -0.2) is 0 Å². The predicted octanol–water partition coefficient (Wildman–Crippen LogP) is 4.77. The molecule has 18 heavy (non-hydrogen) atoms. The van der Waals surface area contributed by atoms with Crippen LogP contribution in [0, 0.1) is 6.07 Å². The lowest BCUT2D eigenvalue weighted by atomic mass is 9.98. The van der Waals surface area contributed by atoms with E-state index in [0.29, 0.717) is 0 Å². The molecule has 0 heteroatoms. The Morgan fingerprint density at radius 1 is 0.611 bits per heavy atom. The van der Waals surface area contributed by atoms with E-state index in [1.54, 1.807) is 0 Å². The predicted molar refractivity (Wildman–Crippen MR) is 76.1 cm³/mol. The number of fused-ring (bicyclic) bond motifs is 3. The molecule has 0 amide bonds. The second kappa shape index (κ2) is 2.73. The first-order valence-electron chi connectivity index (χ1n) is 6.22. The van der Waals surface area contributed by atoms with E-state index < -0.39 is 0 Å². The van der Waals surface area contributed by atoms with Crippen LogP contribution in [0.25, 0.3) is 45.2 Å². The summed E-state index contributed by atoms with van der Waals surface area (Å²) < 4.78 is 0. The van der Waals surface area contributed by atoms with Crippen LogP contribution in [0.4, 0.5) is 0 Å². The van der Waals surface area contributed by atoms with Gasteiger partial charge in [0.1, 0.15) is 0 Å². The maximum absolute atomic E-state index is 3.20. The molecule has 0 heterocycles. The summed E-state index contributed by atoms with van der Waals surface area (Å²) in [5, 5.41) is 2.84. The van der Waals surface area contributed by atoms with Crippen LogP contribution in [0.5, 0.6) is 0 Å². The first-order chi connectivity index (χ1) is 8.93. The fourth-order valence-electron chi connectivity index (χ4n) is 3.34. The van der Waals surface area contributed by atoms with Gasteiger partial charge in [-0.3, -0.25) is 0 Å². The Balaban J connectivity index is 2.11. The van der Waals surface area contributed by atoms with Crippen molar-refractivity contribution >= 4 is 22.9 Å². The van der Waals surface area contributed by atoms with Gasteiger partial charge < -0.3 is 0 Å². The number of benzene rings is 3. The first-order valence-corrected chi connectivity index (χ1v) is 6.22. The highest BCUT2D eigenvalue weighted by Crippen LogP contribution is 2.50. The smallest absolute Gasteiger partial charge is 0.00143 e. The first kappa shape index (κ1) is 8.71. The minimum absolute atomic E-state index is 1.32. The Hall–Kier alpha value is -2.34. The van der Waals surface area contributed by atoms with E-state index in [-0.39, 0.29) is 0 Å². The number of hydrogen-bond acceptors (Lipinski definition) is 0. The highest BCUT2D eigenvalue weighted by molar-refractivity contribution is 6.21. The lowest BCUT2D eigenvalue weighted by Gasteiger charge is -2.05. The molecule has 81 valence electrons. The molecule has 0 N–H and O–H groups in total. The molecular formula is C18H9. The van der Waals surface area contributed by atoms with Crippen LogP contribution in [0.2, 0.25) is 0 Å². The highest BCUT2D eigenvalue weighted by atomic mass is 14.3. The second-order valence-corrected chi connectivity index (χ2v) is 4.96. The molecule has 2 aliphatic carbocycles. The largest absolute Gasteiger partial charge is 0.0537 e. The van der Waals surface area contributed by atoms with Gasteiger partial charge in [0.15, 0.2) is 0 Å². The standard InChI is InChI=1S/C18H9/c1-2-4-14-13(3-1)15-9-7-11-5-6-12-8-10-16(14)18(15)17(11)12/h1,3-10H. The van der Waals surface area contributed by atoms with Gasteiger partial charge in [-0.1, -0.05) is 48.6 Å². The van der Waals surface area contributed by atoms with E-state index in [2.05, 4.69) is 54.6 Å². The van der Waals surface area contributed by atoms with Crippen LogP contribution in [0.3, 0.4) is 0 Å². The van der Waals surface area contributed by atoms with E-state index in [1.807, 2.05) is 6.07 Å². The summed E-state index contributed by atoms with van der Waals surface area (Å²) in [6, 6.07) is 18.5. The van der Waals surface area contributed by atoms with Crippen molar-refractivity contribution < 1.29 is 0 Å². The SMILES string of the molecule is [c]1ccc2c(c1)-c1ccc3c4c(ccc-2c14)C=C3. The van der Waals surface area contributed by atoms with Gasteiger partial charge in [0, 0.05) is 0 Å². The normalized spacial score (nSPS) is 13.3. The second-order valence-electron chi connectivity index (χ2n) is 4.96. The number of hydrogen-bond donors (Lipinski definition) is 0. The Morgan fingerprint density at radius 2 is 1.33 bits per heavy atom. The molecule has 5 rings (SSSR count). The summed E-state index contributed by atoms with van der Waals surface area (Å²) in [4.78, 5) is 0. The van der Waals surface area contributed by atoms with E-state index >= 15 is 0 Å². The van der Waals surface area contributed by atoms with Crippen molar-refractivity contribution in [2.45, 2.75) is 0 Å². The van der Waals surface area contributed by atoms with Crippen molar-refractivity contribution in [2.75, 3.05) is 0 Å². The monoisotopic (exact) mass is 225 g/mol. The Kier molecular flexibility index (Phi) is 1.32. The molecule has 0 nitrogen and oxygen atoms in total. The minimum Gasteiger partial charge on any atom is -0.0537 e. The highest BCUT2D eigenvalue weighted by Gasteiger charge is 2.23. The Bertz CT molecular complexity index is 799. The molecule has 0 fully saturated rings. The van der Waals surface area contributed by atoms with Gasteiger partial charge in [-0.25, -0.2) is 0 Å². The lowest BCUT2D eigenvalue weighted by molar-refractivity contribution is 1.68. The van der Waals surface area contributed by atoms with Crippen LogP contribution in [-0.2, 0) is 0 Å². The van der Waals surface area contributed by atoms with Crippen LogP contribution < -0.4 is 0 Å². The summed E-state index contributed by atoms with van der Waals surface area (Å²) in [6.07, 6.45) is 4.43. The fourth-order valence-corrected chi connectivity index (χ4v) is 3.34. The molecule has 0 aromatic heterocycles. The van der Waals surface area contributed by atoms with Gasteiger partial charge in [0.05, 0.1) is 0 Å². The molecular weight excluding hydrogens is 216 g/mol. The molecule has 3 aromatic rings. The third-order valence-electron chi connectivity index (χ3n) is 4.11. The third kappa shape index (κ3) is 0.820. The topological polar surface area (TPSA) is 0 Å². The number of rotatable bonds is 0. The van der Waals surface area contributed by atoms with E-state index in [0.717, 1.165) is 0 Å². The summed E-state index contributed by atoms with van der Waals surface area (Å²) in [7, 11) is 0. The maximum Gasteiger partial charge on any atom is -0.00143 e. The van der Waals surface area contributed by atoms with Gasteiger partial charge in [-0.15, -0.1) is 0 Å². The zero-order valence-electron chi connectivity index (χ0n) is 9.70. The van der Waals surface area contributed by atoms with Crippen LogP contribution >= 0.6 is 0 Å². The lowest BCUT2D eigenvalue weighted by Crippen LogP contribution is -1.80. The zero-order valence-corrected chi connectivity index (χ0v) is 9.70. The summed E-state index contributed by atoms with van der Waals surface area (Å²) in [5.41, 5.74) is 8.10. The summed E-state index contributed by atoms with van der Waals surface area (Å²) in [5.74, 6) is 0. The van der Waals surface area contributed by atoms with Gasteiger partial charge >= 0.3 is 0 Å².